The molecule has 0 radical (unpaired) electrons. The number of aromatic nitrogens is 2. The molecular weight excluding hydrogens is 349 g/mol. The Kier molecular flexibility index (Phi) is 4.57. The number of hydrogen-bond acceptors (Lipinski definition) is 4. The lowest BCUT2D eigenvalue weighted by Gasteiger charge is -2.18. The van der Waals surface area contributed by atoms with Gasteiger partial charge in [0.25, 0.3) is 0 Å². The molecule has 7 heteroatoms. The van der Waals surface area contributed by atoms with Gasteiger partial charge in [-0.25, -0.2) is 9.07 Å². The Balaban J connectivity index is 1.43. The molecule has 4 rings (SSSR count). The monoisotopic (exact) mass is 365 g/mol. The van der Waals surface area contributed by atoms with Crippen molar-refractivity contribution in [2.24, 2.45) is 0 Å². The first kappa shape index (κ1) is 16.8. The number of ether oxygens (including phenoxy) is 2. The summed E-state index contributed by atoms with van der Waals surface area (Å²) in [7, 11) is 0. The molecule has 0 unspecified atom stereocenters. The van der Waals surface area contributed by atoms with E-state index in [4.69, 9.17) is 9.47 Å². The lowest BCUT2D eigenvalue weighted by atomic mass is 10.2. The van der Waals surface area contributed by atoms with Gasteiger partial charge in [0.2, 0.25) is 5.91 Å². The topological polar surface area (TPSA) is 65.4 Å². The molecule has 27 heavy (non-hydrogen) atoms. The average Bonchev–Trinajstić information content (AvgIpc) is 3.21. The van der Waals surface area contributed by atoms with E-state index in [1.54, 1.807) is 48.8 Å². The predicted molar refractivity (Wildman–Crippen MR) is 98.6 cm³/mol. The number of hydrogen-bond donors (Lipinski definition) is 1. The highest BCUT2D eigenvalue weighted by atomic mass is 19.1. The molecule has 3 aromatic rings. The molecule has 1 amide bonds. The Labute approximate surface area is 154 Å². The van der Waals surface area contributed by atoms with Gasteiger partial charge in [0.05, 0.1) is 0 Å². The smallest absolute Gasteiger partial charge is 0.248 e. The zero-order valence-electron chi connectivity index (χ0n) is 14.3. The molecule has 0 fully saturated rings. The van der Waals surface area contributed by atoms with Crippen LogP contribution in [0.25, 0.3) is 11.8 Å². The minimum atomic E-state index is -0.479. The normalized spacial score (nSPS) is 12.9. The standard InChI is InChI=1S/C20H16FN3O3/c21-16-13-15(4-5-17(16)24-9-1-8-22-24)23-20(25)7-3-14-2-6-18-19(12-14)27-11-10-26-18/h1-9,12-13H,10-11H2,(H,23,25)/b7-3+. The minimum Gasteiger partial charge on any atom is -0.486 e. The number of fused-ring (bicyclic) bond motifs is 1. The van der Waals surface area contributed by atoms with Crippen LogP contribution in [0, 0.1) is 5.82 Å². The fourth-order valence-corrected chi connectivity index (χ4v) is 2.70. The van der Waals surface area contributed by atoms with Gasteiger partial charge in [-0.15, -0.1) is 0 Å². The van der Waals surface area contributed by atoms with Crippen molar-refractivity contribution >= 4 is 17.7 Å². The van der Waals surface area contributed by atoms with Crippen LogP contribution in [-0.4, -0.2) is 28.9 Å². The molecule has 0 atom stereocenters. The van der Waals surface area contributed by atoms with Crippen LogP contribution in [0.5, 0.6) is 11.5 Å². The van der Waals surface area contributed by atoms with E-state index in [9.17, 15) is 9.18 Å². The van der Waals surface area contributed by atoms with Gasteiger partial charge in [0, 0.05) is 24.2 Å². The number of nitrogens with zero attached hydrogens (tertiary/aromatic N) is 2. The van der Waals surface area contributed by atoms with Crippen LogP contribution < -0.4 is 14.8 Å². The number of amides is 1. The van der Waals surface area contributed by atoms with Crippen LogP contribution >= 0.6 is 0 Å². The maximum Gasteiger partial charge on any atom is 0.248 e. The predicted octanol–water partition coefficient (Wildman–Crippen LogP) is 3.43. The Hall–Kier alpha value is -3.61. The highest BCUT2D eigenvalue weighted by molar-refractivity contribution is 6.02. The molecule has 0 bridgehead atoms. The van der Waals surface area contributed by atoms with E-state index in [-0.39, 0.29) is 5.91 Å². The molecule has 0 spiro atoms. The number of halogens is 1. The zero-order chi connectivity index (χ0) is 18.6. The summed E-state index contributed by atoms with van der Waals surface area (Å²) in [6.07, 6.45) is 6.25. The molecule has 1 N–H and O–H groups in total. The first-order valence-electron chi connectivity index (χ1n) is 8.37. The highest BCUT2D eigenvalue weighted by Crippen LogP contribution is 2.31. The minimum absolute atomic E-state index is 0.310. The molecule has 6 nitrogen and oxygen atoms in total. The molecule has 1 aromatic heterocycles. The van der Waals surface area contributed by atoms with Crippen LogP contribution in [-0.2, 0) is 4.79 Å². The molecule has 0 saturated heterocycles. The van der Waals surface area contributed by atoms with Crippen LogP contribution in [0.2, 0.25) is 0 Å². The van der Waals surface area contributed by atoms with Gasteiger partial charge in [-0.2, -0.15) is 5.10 Å². The van der Waals surface area contributed by atoms with Crippen molar-refractivity contribution in [3.8, 4) is 17.2 Å². The third kappa shape index (κ3) is 3.82. The summed E-state index contributed by atoms with van der Waals surface area (Å²) in [6.45, 7) is 1.03. The lowest BCUT2D eigenvalue weighted by Crippen LogP contribution is -2.15. The fraction of sp³-hybridized carbons (Fsp3) is 0.100. The van der Waals surface area contributed by atoms with Crippen molar-refractivity contribution in [1.29, 1.82) is 0 Å². The van der Waals surface area contributed by atoms with Crippen molar-refractivity contribution in [1.82, 2.24) is 9.78 Å². The van der Waals surface area contributed by atoms with Crippen molar-refractivity contribution in [2.45, 2.75) is 0 Å². The number of benzene rings is 2. The van der Waals surface area contributed by atoms with Gasteiger partial charge in [0.1, 0.15) is 18.9 Å². The first-order valence-corrected chi connectivity index (χ1v) is 8.37. The molecule has 2 aromatic carbocycles. The second-order valence-corrected chi connectivity index (χ2v) is 5.84. The molecule has 136 valence electrons. The van der Waals surface area contributed by atoms with Crippen molar-refractivity contribution in [3.05, 3.63) is 72.3 Å². The van der Waals surface area contributed by atoms with E-state index in [0.29, 0.717) is 36.1 Å². The van der Waals surface area contributed by atoms with Gasteiger partial charge in [-0.3, -0.25) is 4.79 Å². The molecule has 1 aliphatic heterocycles. The van der Waals surface area contributed by atoms with E-state index >= 15 is 0 Å². The lowest BCUT2D eigenvalue weighted by molar-refractivity contribution is -0.111. The number of carbonyl (C=O) groups is 1. The maximum absolute atomic E-state index is 14.2. The van der Waals surface area contributed by atoms with Crippen molar-refractivity contribution in [2.75, 3.05) is 18.5 Å². The van der Waals surface area contributed by atoms with Gasteiger partial charge < -0.3 is 14.8 Å². The summed E-state index contributed by atoms with van der Waals surface area (Å²) in [5.74, 6) is 0.499. The summed E-state index contributed by atoms with van der Waals surface area (Å²) >= 11 is 0. The maximum atomic E-state index is 14.2. The van der Waals surface area contributed by atoms with Gasteiger partial charge in [-0.05, 0) is 48.0 Å². The van der Waals surface area contributed by atoms with E-state index < -0.39 is 5.82 Å². The first-order chi connectivity index (χ1) is 13.2. The SMILES string of the molecule is O=C(/C=C/c1ccc2c(c1)OCCO2)Nc1ccc(-n2cccn2)c(F)c1. The number of anilines is 1. The van der Waals surface area contributed by atoms with Gasteiger partial charge >= 0.3 is 0 Å². The Morgan fingerprint density at radius 2 is 2.00 bits per heavy atom. The van der Waals surface area contributed by atoms with Crippen molar-refractivity contribution in [3.63, 3.8) is 0 Å². The molecular formula is C20H16FN3O3. The van der Waals surface area contributed by atoms with Gasteiger partial charge in [-0.1, -0.05) is 6.07 Å². The summed E-state index contributed by atoms with van der Waals surface area (Å²) < 4.78 is 26.6. The largest absolute Gasteiger partial charge is 0.486 e. The quantitative estimate of drug-likeness (QED) is 0.720. The number of carbonyl (C=O) groups excluding carboxylic acids is 1. The molecule has 0 aliphatic carbocycles. The summed E-state index contributed by atoms with van der Waals surface area (Å²) in [6, 6.07) is 11.6. The van der Waals surface area contributed by atoms with E-state index in [0.717, 1.165) is 5.56 Å². The van der Waals surface area contributed by atoms with Crippen LogP contribution in [0.4, 0.5) is 10.1 Å². The molecule has 0 saturated carbocycles. The molecule has 1 aliphatic rings. The number of rotatable bonds is 4. The van der Waals surface area contributed by atoms with E-state index in [2.05, 4.69) is 10.4 Å². The zero-order valence-corrected chi connectivity index (χ0v) is 14.3. The van der Waals surface area contributed by atoms with Crippen molar-refractivity contribution < 1.29 is 18.7 Å². The Morgan fingerprint density at radius 1 is 1.15 bits per heavy atom. The third-order valence-electron chi connectivity index (χ3n) is 3.96. The van der Waals surface area contributed by atoms with E-state index in [1.807, 2.05) is 6.07 Å². The molecule has 2 heterocycles. The summed E-state index contributed by atoms with van der Waals surface area (Å²) in [4.78, 5) is 12.1. The summed E-state index contributed by atoms with van der Waals surface area (Å²) in [5.41, 5.74) is 1.47. The Morgan fingerprint density at radius 3 is 2.78 bits per heavy atom. The van der Waals surface area contributed by atoms with Gasteiger partial charge in [0.15, 0.2) is 17.3 Å². The average molecular weight is 365 g/mol. The van der Waals surface area contributed by atoms with Crippen LogP contribution in [0.1, 0.15) is 5.56 Å². The second kappa shape index (κ2) is 7.33. The summed E-state index contributed by atoms with van der Waals surface area (Å²) in [5, 5.41) is 6.63. The van der Waals surface area contributed by atoms with E-state index in [1.165, 1.54) is 16.8 Å². The Bertz CT molecular complexity index is 1000. The van der Waals surface area contributed by atoms with Crippen LogP contribution in [0.3, 0.4) is 0 Å². The second-order valence-electron chi connectivity index (χ2n) is 5.84. The fourth-order valence-electron chi connectivity index (χ4n) is 2.70. The highest BCUT2D eigenvalue weighted by Gasteiger charge is 2.11. The number of nitrogens with one attached hydrogen (secondary N) is 1. The third-order valence-corrected chi connectivity index (χ3v) is 3.96. The van der Waals surface area contributed by atoms with Crippen LogP contribution in [0.15, 0.2) is 60.9 Å².